The first-order chi connectivity index (χ1) is 10.4. The van der Waals surface area contributed by atoms with Crippen LogP contribution in [0.4, 0.5) is 0 Å². The standard InChI is InChI=1S/C17H34N4O.HI/c1-14(2)9-8-12-19-16(18-3)20-13-17(10-6-7-11-17)15(22)21(4)5;/h14H,6-13H2,1-5H3,(H2,18,19,20);1H. The Balaban J connectivity index is 0.00000484. The maximum Gasteiger partial charge on any atom is 0.230 e. The molecule has 23 heavy (non-hydrogen) atoms. The second-order valence-corrected chi connectivity index (χ2v) is 7.08. The van der Waals surface area contributed by atoms with E-state index in [-0.39, 0.29) is 35.3 Å². The molecule has 0 bridgehead atoms. The number of carbonyl (C=O) groups is 1. The van der Waals surface area contributed by atoms with E-state index in [0.717, 1.165) is 50.5 Å². The number of aliphatic imine (C=N–C) groups is 1. The lowest BCUT2D eigenvalue weighted by Crippen LogP contribution is -2.49. The summed E-state index contributed by atoms with van der Waals surface area (Å²) < 4.78 is 0. The summed E-state index contributed by atoms with van der Waals surface area (Å²) in [7, 11) is 5.48. The molecule has 2 N–H and O–H groups in total. The number of halogens is 1. The van der Waals surface area contributed by atoms with Crippen LogP contribution in [0.5, 0.6) is 0 Å². The Morgan fingerprint density at radius 2 is 1.83 bits per heavy atom. The molecule has 6 heteroatoms. The zero-order chi connectivity index (χ0) is 16.6. The largest absolute Gasteiger partial charge is 0.356 e. The molecule has 1 saturated carbocycles. The Morgan fingerprint density at radius 1 is 1.22 bits per heavy atom. The van der Waals surface area contributed by atoms with Crippen molar-refractivity contribution < 1.29 is 4.79 Å². The van der Waals surface area contributed by atoms with Crippen molar-refractivity contribution in [2.24, 2.45) is 16.3 Å². The zero-order valence-corrected chi connectivity index (χ0v) is 17.8. The fraction of sp³-hybridized carbons (Fsp3) is 0.882. The normalized spacial score (nSPS) is 16.9. The summed E-state index contributed by atoms with van der Waals surface area (Å²) in [4.78, 5) is 18.5. The topological polar surface area (TPSA) is 56.7 Å². The van der Waals surface area contributed by atoms with Gasteiger partial charge in [-0.3, -0.25) is 9.79 Å². The summed E-state index contributed by atoms with van der Waals surface area (Å²) >= 11 is 0. The van der Waals surface area contributed by atoms with E-state index < -0.39 is 0 Å². The van der Waals surface area contributed by atoms with Gasteiger partial charge in [0.05, 0.1) is 5.41 Å². The number of guanidine groups is 1. The molecule has 136 valence electrons. The van der Waals surface area contributed by atoms with E-state index in [2.05, 4.69) is 29.5 Å². The number of hydrogen-bond donors (Lipinski definition) is 2. The van der Waals surface area contributed by atoms with Crippen LogP contribution in [0.1, 0.15) is 52.4 Å². The van der Waals surface area contributed by atoms with Crippen molar-refractivity contribution in [3.63, 3.8) is 0 Å². The fourth-order valence-electron chi connectivity index (χ4n) is 3.18. The van der Waals surface area contributed by atoms with Crippen LogP contribution >= 0.6 is 24.0 Å². The third-order valence-corrected chi connectivity index (χ3v) is 4.49. The van der Waals surface area contributed by atoms with Crippen LogP contribution in [0.25, 0.3) is 0 Å². The average Bonchev–Trinajstić information content (AvgIpc) is 2.95. The number of carbonyl (C=O) groups excluding carboxylic acids is 1. The van der Waals surface area contributed by atoms with E-state index in [9.17, 15) is 4.79 Å². The lowest BCUT2D eigenvalue weighted by Gasteiger charge is -2.31. The Labute approximate surface area is 159 Å². The van der Waals surface area contributed by atoms with E-state index in [0.29, 0.717) is 6.54 Å². The number of nitrogens with zero attached hydrogens (tertiary/aromatic N) is 2. The number of hydrogen-bond acceptors (Lipinski definition) is 2. The molecule has 5 nitrogen and oxygen atoms in total. The van der Waals surface area contributed by atoms with Gasteiger partial charge in [-0.1, -0.05) is 26.7 Å². The third-order valence-electron chi connectivity index (χ3n) is 4.49. The van der Waals surface area contributed by atoms with E-state index in [4.69, 9.17) is 0 Å². The minimum absolute atomic E-state index is 0. The summed E-state index contributed by atoms with van der Waals surface area (Å²) in [5, 5.41) is 6.72. The van der Waals surface area contributed by atoms with Crippen molar-refractivity contribution in [1.82, 2.24) is 15.5 Å². The fourth-order valence-corrected chi connectivity index (χ4v) is 3.18. The van der Waals surface area contributed by atoms with Crippen LogP contribution in [0, 0.1) is 11.3 Å². The van der Waals surface area contributed by atoms with Crippen molar-refractivity contribution in [1.29, 1.82) is 0 Å². The van der Waals surface area contributed by atoms with Gasteiger partial charge in [0.15, 0.2) is 5.96 Å². The van der Waals surface area contributed by atoms with Crippen LogP contribution in [-0.2, 0) is 4.79 Å². The molecular formula is C17H35IN4O. The molecule has 0 aliphatic heterocycles. The van der Waals surface area contributed by atoms with Crippen molar-refractivity contribution in [3.8, 4) is 0 Å². The predicted molar refractivity (Wildman–Crippen MR) is 108 cm³/mol. The molecule has 0 aromatic rings. The predicted octanol–water partition coefficient (Wildman–Crippen LogP) is 2.85. The molecule has 0 radical (unpaired) electrons. The summed E-state index contributed by atoms with van der Waals surface area (Å²) in [5.41, 5.74) is -0.251. The van der Waals surface area contributed by atoms with E-state index in [1.165, 1.54) is 6.42 Å². The molecule has 1 aliphatic rings. The summed E-state index contributed by atoms with van der Waals surface area (Å²) in [5.74, 6) is 1.78. The van der Waals surface area contributed by atoms with Crippen molar-refractivity contribution in [3.05, 3.63) is 0 Å². The molecule has 0 atom stereocenters. The molecule has 1 rings (SSSR count). The summed E-state index contributed by atoms with van der Waals surface area (Å²) in [6.45, 7) is 6.08. The van der Waals surface area contributed by atoms with Crippen molar-refractivity contribution in [2.45, 2.75) is 52.4 Å². The monoisotopic (exact) mass is 438 g/mol. The van der Waals surface area contributed by atoms with E-state index in [1.807, 2.05) is 14.1 Å². The first-order valence-electron chi connectivity index (χ1n) is 8.57. The van der Waals surface area contributed by atoms with Crippen LogP contribution in [0.3, 0.4) is 0 Å². The minimum atomic E-state index is -0.251. The molecular weight excluding hydrogens is 403 g/mol. The molecule has 0 heterocycles. The smallest absolute Gasteiger partial charge is 0.230 e. The van der Waals surface area contributed by atoms with Crippen LogP contribution in [-0.4, -0.2) is 51.0 Å². The van der Waals surface area contributed by atoms with Gasteiger partial charge in [0, 0.05) is 34.2 Å². The summed E-state index contributed by atoms with van der Waals surface area (Å²) in [6, 6.07) is 0. The number of amides is 1. The Morgan fingerprint density at radius 3 is 2.30 bits per heavy atom. The van der Waals surface area contributed by atoms with Gasteiger partial charge >= 0.3 is 0 Å². The average molecular weight is 438 g/mol. The van der Waals surface area contributed by atoms with Gasteiger partial charge in [0.1, 0.15) is 0 Å². The highest BCUT2D eigenvalue weighted by Gasteiger charge is 2.42. The van der Waals surface area contributed by atoms with Gasteiger partial charge in [-0.2, -0.15) is 0 Å². The SMILES string of the molecule is CN=C(NCCCC(C)C)NCC1(C(=O)N(C)C)CCCC1.I. The zero-order valence-electron chi connectivity index (χ0n) is 15.4. The van der Waals surface area contributed by atoms with Gasteiger partial charge in [0.2, 0.25) is 5.91 Å². The first kappa shape index (κ1) is 22.5. The Bertz CT molecular complexity index is 377. The molecule has 0 aromatic heterocycles. The van der Waals surface area contributed by atoms with Crippen LogP contribution < -0.4 is 10.6 Å². The Hall–Kier alpha value is -0.530. The van der Waals surface area contributed by atoms with Crippen LogP contribution in [0.2, 0.25) is 0 Å². The van der Waals surface area contributed by atoms with Crippen molar-refractivity contribution in [2.75, 3.05) is 34.2 Å². The molecule has 0 unspecified atom stereocenters. The number of rotatable bonds is 7. The highest BCUT2D eigenvalue weighted by atomic mass is 127. The summed E-state index contributed by atoms with van der Waals surface area (Å²) in [6.07, 6.45) is 6.58. The van der Waals surface area contributed by atoms with Gasteiger partial charge < -0.3 is 15.5 Å². The number of nitrogens with one attached hydrogen (secondary N) is 2. The second kappa shape index (κ2) is 11.1. The lowest BCUT2D eigenvalue weighted by molar-refractivity contribution is -0.138. The Kier molecular flexibility index (Phi) is 10.8. The molecule has 1 aliphatic carbocycles. The molecule has 0 saturated heterocycles. The van der Waals surface area contributed by atoms with E-state index >= 15 is 0 Å². The molecule has 0 spiro atoms. The highest BCUT2D eigenvalue weighted by Crippen LogP contribution is 2.38. The van der Waals surface area contributed by atoms with Gasteiger partial charge in [-0.15, -0.1) is 24.0 Å². The minimum Gasteiger partial charge on any atom is -0.356 e. The maximum absolute atomic E-state index is 12.5. The highest BCUT2D eigenvalue weighted by molar-refractivity contribution is 14.0. The second-order valence-electron chi connectivity index (χ2n) is 7.08. The lowest BCUT2D eigenvalue weighted by atomic mass is 9.84. The molecule has 1 amide bonds. The van der Waals surface area contributed by atoms with Gasteiger partial charge in [0.25, 0.3) is 0 Å². The van der Waals surface area contributed by atoms with Gasteiger partial charge in [-0.25, -0.2) is 0 Å². The van der Waals surface area contributed by atoms with E-state index in [1.54, 1.807) is 11.9 Å². The molecule has 0 aromatic carbocycles. The molecule has 1 fully saturated rings. The van der Waals surface area contributed by atoms with Gasteiger partial charge in [-0.05, 0) is 31.6 Å². The maximum atomic E-state index is 12.5. The first-order valence-corrected chi connectivity index (χ1v) is 8.57. The third kappa shape index (κ3) is 7.27. The quantitative estimate of drug-likeness (QED) is 0.278. The van der Waals surface area contributed by atoms with Crippen molar-refractivity contribution >= 4 is 35.8 Å². The van der Waals surface area contributed by atoms with Crippen LogP contribution in [0.15, 0.2) is 4.99 Å².